The Labute approximate surface area is 158 Å². The van der Waals surface area contributed by atoms with Crippen LogP contribution in [0.2, 0.25) is 5.02 Å². The van der Waals surface area contributed by atoms with Gasteiger partial charge < -0.3 is 10.1 Å². The standard InChI is InChI=1S/C19H14ClF2N3O2/c20-13-9-17-11(4-7-27-17)8-12(13)16-10-25(6-5-23-16)19(26)24-18-14(21)2-1-3-15(18)22/h1-3,5-6,8-9H,4,7,10H2,(H,24,26). The molecule has 0 saturated carbocycles. The second-order valence-electron chi connectivity index (χ2n) is 6.07. The quantitative estimate of drug-likeness (QED) is 0.829. The van der Waals surface area contributed by atoms with Crippen LogP contribution in [-0.4, -0.2) is 29.8 Å². The number of aliphatic imine (C=N–C) groups is 1. The van der Waals surface area contributed by atoms with E-state index in [2.05, 4.69) is 10.3 Å². The average Bonchev–Trinajstić information content (AvgIpc) is 3.11. The van der Waals surface area contributed by atoms with Crippen molar-refractivity contribution in [1.82, 2.24) is 4.90 Å². The Kier molecular flexibility index (Phi) is 4.53. The van der Waals surface area contributed by atoms with Crippen LogP contribution in [0.3, 0.4) is 0 Å². The lowest BCUT2D eigenvalue weighted by atomic mass is 10.0. The third-order valence-corrected chi connectivity index (χ3v) is 4.66. The van der Waals surface area contributed by atoms with E-state index in [0.717, 1.165) is 29.9 Å². The summed E-state index contributed by atoms with van der Waals surface area (Å²) in [6.07, 6.45) is 3.65. The van der Waals surface area contributed by atoms with E-state index in [9.17, 15) is 13.6 Å². The first-order valence-corrected chi connectivity index (χ1v) is 8.61. The first kappa shape index (κ1) is 17.5. The van der Waals surface area contributed by atoms with Gasteiger partial charge in [-0.3, -0.25) is 9.89 Å². The number of halogens is 3. The minimum Gasteiger partial charge on any atom is -0.493 e. The number of fused-ring (bicyclic) bond motifs is 1. The van der Waals surface area contributed by atoms with Crippen molar-refractivity contribution in [2.75, 3.05) is 18.5 Å². The molecular weight excluding hydrogens is 376 g/mol. The van der Waals surface area contributed by atoms with Crippen LogP contribution in [0.5, 0.6) is 5.75 Å². The molecule has 2 aromatic rings. The summed E-state index contributed by atoms with van der Waals surface area (Å²) in [5.41, 5.74) is 1.80. The fourth-order valence-electron chi connectivity index (χ4n) is 2.97. The summed E-state index contributed by atoms with van der Waals surface area (Å²) in [6, 6.07) is 6.33. The number of amides is 2. The Balaban J connectivity index is 1.54. The highest BCUT2D eigenvalue weighted by Gasteiger charge is 2.23. The lowest BCUT2D eigenvalue weighted by molar-refractivity contribution is 0.232. The summed E-state index contributed by atoms with van der Waals surface area (Å²) < 4.78 is 33.0. The lowest BCUT2D eigenvalue weighted by Crippen LogP contribution is -2.37. The number of carbonyl (C=O) groups excluding carboxylic acids is 1. The van der Waals surface area contributed by atoms with Crippen LogP contribution >= 0.6 is 11.6 Å². The minimum atomic E-state index is -0.847. The van der Waals surface area contributed by atoms with E-state index >= 15 is 0 Å². The number of benzene rings is 2. The fraction of sp³-hybridized carbons (Fsp3) is 0.158. The van der Waals surface area contributed by atoms with Crippen LogP contribution in [0.15, 0.2) is 47.7 Å². The molecule has 0 atom stereocenters. The van der Waals surface area contributed by atoms with Gasteiger partial charge in [0.15, 0.2) is 0 Å². The average molecular weight is 390 g/mol. The summed E-state index contributed by atoms with van der Waals surface area (Å²) in [5.74, 6) is -0.944. The van der Waals surface area contributed by atoms with Crippen LogP contribution in [0, 0.1) is 11.6 Å². The molecule has 27 heavy (non-hydrogen) atoms. The van der Waals surface area contributed by atoms with E-state index in [1.807, 2.05) is 6.07 Å². The Morgan fingerprint density at radius 1 is 1.26 bits per heavy atom. The predicted molar refractivity (Wildman–Crippen MR) is 98.4 cm³/mol. The minimum absolute atomic E-state index is 0.109. The van der Waals surface area contributed by atoms with Gasteiger partial charge in [-0.1, -0.05) is 17.7 Å². The van der Waals surface area contributed by atoms with E-state index in [1.165, 1.54) is 23.4 Å². The number of hydrogen-bond donors (Lipinski definition) is 1. The molecule has 5 nitrogen and oxygen atoms in total. The van der Waals surface area contributed by atoms with Crippen molar-refractivity contribution in [3.05, 3.63) is 70.5 Å². The molecule has 0 fully saturated rings. The van der Waals surface area contributed by atoms with Gasteiger partial charge in [-0.2, -0.15) is 0 Å². The van der Waals surface area contributed by atoms with E-state index in [-0.39, 0.29) is 6.54 Å². The maximum absolute atomic E-state index is 13.8. The van der Waals surface area contributed by atoms with Crippen LogP contribution < -0.4 is 10.1 Å². The Morgan fingerprint density at radius 3 is 2.81 bits per heavy atom. The maximum atomic E-state index is 13.8. The Bertz CT molecular complexity index is 971. The molecule has 0 radical (unpaired) electrons. The van der Waals surface area contributed by atoms with Gasteiger partial charge >= 0.3 is 6.03 Å². The first-order valence-electron chi connectivity index (χ1n) is 8.23. The normalized spacial score (nSPS) is 15.2. The van der Waals surface area contributed by atoms with Gasteiger partial charge in [0.25, 0.3) is 0 Å². The zero-order valence-corrected chi connectivity index (χ0v) is 14.8. The predicted octanol–water partition coefficient (Wildman–Crippen LogP) is 4.36. The molecule has 2 aliphatic heterocycles. The highest BCUT2D eigenvalue weighted by Crippen LogP contribution is 2.32. The van der Waals surface area contributed by atoms with E-state index in [4.69, 9.17) is 16.3 Å². The summed E-state index contributed by atoms with van der Waals surface area (Å²) in [7, 11) is 0. The molecule has 0 saturated heterocycles. The largest absolute Gasteiger partial charge is 0.493 e. The molecule has 0 aliphatic carbocycles. The highest BCUT2D eigenvalue weighted by molar-refractivity contribution is 6.34. The van der Waals surface area contributed by atoms with Crippen LogP contribution in [0.4, 0.5) is 19.3 Å². The van der Waals surface area contributed by atoms with Crippen molar-refractivity contribution in [1.29, 1.82) is 0 Å². The van der Waals surface area contributed by atoms with Crippen molar-refractivity contribution in [3.8, 4) is 5.75 Å². The van der Waals surface area contributed by atoms with Gasteiger partial charge in [-0.05, 0) is 29.8 Å². The molecule has 8 heteroatoms. The summed E-state index contributed by atoms with van der Waals surface area (Å²) in [4.78, 5) is 18.0. The summed E-state index contributed by atoms with van der Waals surface area (Å²) in [5, 5.41) is 2.72. The Morgan fingerprint density at radius 2 is 2.04 bits per heavy atom. The van der Waals surface area contributed by atoms with Gasteiger partial charge in [0.2, 0.25) is 0 Å². The molecule has 138 valence electrons. The topological polar surface area (TPSA) is 53.9 Å². The molecule has 4 rings (SSSR count). The number of ether oxygens (including phenoxy) is 1. The maximum Gasteiger partial charge on any atom is 0.326 e. The zero-order valence-electron chi connectivity index (χ0n) is 14.0. The smallest absolute Gasteiger partial charge is 0.326 e. The number of urea groups is 1. The molecule has 2 heterocycles. The molecule has 0 aromatic heterocycles. The van der Waals surface area contributed by atoms with Crippen LogP contribution in [-0.2, 0) is 6.42 Å². The van der Waals surface area contributed by atoms with Crippen molar-refractivity contribution in [2.45, 2.75) is 6.42 Å². The number of para-hydroxylation sites is 1. The van der Waals surface area contributed by atoms with Gasteiger partial charge in [-0.15, -0.1) is 0 Å². The third kappa shape index (κ3) is 3.38. The second-order valence-corrected chi connectivity index (χ2v) is 6.47. The fourth-order valence-corrected chi connectivity index (χ4v) is 3.23. The van der Waals surface area contributed by atoms with Gasteiger partial charge in [0, 0.05) is 24.4 Å². The van der Waals surface area contributed by atoms with Crippen LogP contribution in [0.25, 0.3) is 0 Å². The molecule has 0 bridgehead atoms. The molecule has 2 aromatic carbocycles. The second kappa shape index (κ2) is 7.00. The number of rotatable bonds is 2. The monoisotopic (exact) mass is 389 g/mol. The Hall–Kier alpha value is -2.93. The zero-order chi connectivity index (χ0) is 19.0. The van der Waals surface area contributed by atoms with Crippen molar-refractivity contribution < 1.29 is 18.3 Å². The molecule has 2 aliphatic rings. The number of hydrogen-bond acceptors (Lipinski definition) is 3. The van der Waals surface area contributed by atoms with Gasteiger partial charge in [-0.25, -0.2) is 13.6 Å². The van der Waals surface area contributed by atoms with Crippen LogP contribution in [0.1, 0.15) is 11.1 Å². The third-order valence-electron chi connectivity index (χ3n) is 4.34. The SMILES string of the molecule is O=C(Nc1c(F)cccc1F)N1C=CN=C(c2cc3c(cc2Cl)OCC3)C1. The molecule has 0 spiro atoms. The molecule has 1 N–H and O–H groups in total. The number of carbonyl (C=O) groups is 1. The van der Waals surface area contributed by atoms with Crippen molar-refractivity contribution in [3.63, 3.8) is 0 Å². The van der Waals surface area contributed by atoms with E-state index in [1.54, 1.807) is 6.07 Å². The van der Waals surface area contributed by atoms with Crippen molar-refractivity contribution >= 4 is 29.0 Å². The first-order chi connectivity index (χ1) is 13.0. The highest BCUT2D eigenvalue weighted by atomic mass is 35.5. The van der Waals surface area contributed by atoms with Gasteiger partial charge in [0.05, 0.1) is 23.9 Å². The van der Waals surface area contributed by atoms with E-state index in [0.29, 0.717) is 22.9 Å². The van der Waals surface area contributed by atoms with E-state index < -0.39 is 23.4 Å². The number of nitrogens with one attached hydrogen (secondary N) is 1. The summed E-state index contributed by atoms with van der Waals surface area (Å²) in [6.45, 7) is 0.710. The lowest BCUT2D eigenvalue weighted by Gasteiger charge is -2.23. The molecule has 0 unspecified atom stereocenters. The molecule has 2 amide bonds. The number of nitrogens with zero attached hydrogens (tertiary/aromatic N) is 2. The van der Waals surface area contributed by atoms with Gasteiger partial charge in [0.1, 0.15) is 23.1 Å². The molecular formula is C19H14ClF2N3O2. The number of anilines is 1. The summed E-state index contributed by atoms with van der Waals surface area (Å²) >= 11 is 6.34. The van der Waals surface area contributed by atoms with Crippen molar-refractivity contribution in [2.24, 2.45) is 4.99 Å².